The topological polar surface area (TPSA) is 41.6 Å². The molecule has 1 N–H and O–H groups in total. The first-order valence-corrected chi connectivity index (χ1v) is 4.12. The Balaban J connectivity index is 2.65. The number of aromatic amines is 1. The molecule has 0 saturated heterocycles. The van der Waals surface area contributed by atoms with Gasteiger partial charge in [0.05, 0.1) is 17.2 Å². The Hall–Kier alpha value is -1.90. The molecule has 2 heterocycles. The van der Waals surface area contributed by atoms with Crippen LogP contribution in [0.3, 0.4) is 0 Å². The molecule has 0 radical (unpaired) electrons. The minimum Gasteiger partial charge on any atom is -0.278 e. The molecule has 0 aliphatic heterocycles. The van der Waals surface area contributed by atoms with Crippen molar-refractivity contribution in [3.05, 3.63) is 36.7 Å². The summed E-state index contributed by atoms with van der Waals surface area (Å²) >= 11 is 0. The van der Waals surface area contributed by atoms with Crippen LogP contribution in [-0.4, -0.2) is 15.2 Å². The molecule has 2 aromatic heterocycles. The van der Waals surface area contributed by atoms with E-state index in [9.17, 15) is 0 Å². The average molecular weight is 169 g/mol. The lowest BCUT2D eigenvalue weighted by Gasteiger charge is -1.95. The molecule has 3 nitrogen and oxygen atoms in total. The fourth-order valence-electron chi connectivity index (χ4n) is 1.58. The second kappa shape index (κ2) is 2.29. The van der Waals surface area contributed by atoms with Gasteiger partial charge in [-0.1, -0.05) is 6.07 Å². The zero-order chi connectivity index (χ0) is 8.67. The standard InChI is InChI=1S/C10H7N3/c1-2-7-8-6-12-13-10(8)4-3-9(7)11-5-1/h1-6H,(H,12,13). The SMILES string of the molecule is c1cnc2ccc3[nH]ncc3c2c1. The van der Waals surface area contributed by atoms with Gasteiger partial charge in [-0.05, 0) is 18.2 Å². The van der Waals surface area contributed by atoms with Crippen molar-refractivity contribution >= 4 is 21.8 Å². The smallest absolute Gasteiger partial charge is 0.0710 e. The van der Waals surface area contributed by atoms with Crippen LogP contribution >= 0.6 is 0 Å². The van der Waals surface area contributed by atoms with E-state index in [0.29, 0.717) is 0 Å². The first-order chi connectivity index (χ1) is 6.45. The fraction of sp³-hybridized carbons (Fsp3) is 0. The van der Waals surface area contributed by atoms with E-state index in [0.717, 1.165) is 21.8 Å². The van der Waals surface area contributed by atoms with E-state index in [1.807, 2.05) is 24.4 Å². The number of H-pyrrole nitrogens is 1. The van der Waals surface area contributed by atoms with Crippen molar-refractivity contribution in [1.29, 1.82) is 0 Å². The van der Waals surface area contributed by atoms with Crippen molar-refractivity contribution in [3.63, 3.8) is 0 Å². The number of nitrogens with zero attached hydrogens (tertiary/aromatic N) is 2. The highest BCUT2D eigenvalue weighted by molar-refractivity contribution is 6.04. The van der Waals surface area contributed by atoms with E-state index >= 15 is 0 Å². The van der Waals surface area contributed by atoms with E-state index < -0.39 is 0 Å². The third-order valence-corrected chi connectivity index (χ3v) is 2.21. The van der Waals surface area contributed by atoms with Crippen LogP contribution in [0.4, 0.5) is 0 Å². The van der Waals surface area contributed by atoms with Gasteiger partial charge in [0.1, 0.15) is 0 Å². The molecule has 3 aromatic rings. The molecule has 0 bridgehead atoms. The highest BCUT2D eigenvalue weighted by atomic mass is 15.1. The molecule has 13 heavy (non-hydrogen) atoms. The monoisotopic (exact) mass is 169 g/mol. The summed E-state index contributed by atoms with van der Waals surface area (Å²) in [6.45, 7) is 0. The van der Waals surface area contributed by atoms with Gasteiger partial charge in [0.25, 0.3) is 0 Å². The van der Waals surface area contributed by atoms with Crippen LogP contribution < -0.4 is 0 Å². The summed E-state index contributed by atoms with van der Waals surface area (Å²) in [5.74, 6) is 0. The number of nitrogens with one attached hydrogen (secondary N) is 1. The van der Waals surface area contributed by atoms with Crippen LogP contribution in [0.2, 0.25) is 0 Å². The summed E-state index contributed by atoms with van der Waals surface area (Å²) in [5, 5.41) is 9.21. The molecule has 0 fully saturated rings. The Morgan fingerprint density at radius 1 is 1.08 bits per heavy atom. The molecule has 62 valence electrons. The molecule has 0 aliphatic carbocycles. The van der Waals surface area contributed by atoms with Crippen LogP contribution in [0.15, 0.2) is 36.7 Å². The highest BCUT2D eigenvalue weighted by Crippen LogP contribution is 2.21. The number of hydrogen-bond acceptors (Lipinski definition) is 2. The van der Waals surface area contributed by atoms with E-state index in [1.54, 1.807) is 6.20 Å². The number of hydrogen-bond donors (Lipinski definition) is 1. The van der Waals surface area contributed by atoms with Crippen molar-refractivity contribution in [3.8, 4) is 0 Å². The molecule has 0 saturated carbocycles. The molecular formula is C10H7N3. The zero-order valence-corrected chi connectivity index (χ0v) is 6.86. The van der Waals surface area contributed by atoms with Gasteiger partial charge in [0.2, 0.25) is 0 Å². The van der Waals surface area contributed by atoms with Crippen LogP contribution in [0, 0.1) is 0 Å². The summed E-state index contributed by atoms with van der Waals surface area (Å²) in [7, 11) is 0. The second-order valence-electron chi connectivity index (χ2n) is 2.97. The largest absolute Gasteiger partial charge is 0.278 e. The van der Waals surface area contributed by atoms with E-state index in [2.05, 4.69) is 21.2 Å². The van der Waals surface area contributed by atoms with Crippen LogP contribution in [0.5, 0.6) is 0 Å². The zero-order valence-electron chi connectivity index (χ0n) is 6.86. The highest BCUT2D eigenvalue weighted by Gasteiger charge is 2.00. The summed E-state index contributed by atoms with van der Waals surface area (Å²) in [6.07, 6.45) is 3.63. The quantitative estimate of drug-likeness (QED) is 0.560. The summed E-state index contributed by atoms with van der Waals surface area (Å²) in [6, 6.07) is 7.99. The number of fused-ring (bicyclic) bond motifs is 3. The van der Waals surface area contributed by atoms with Gasteiger partial charge < -0.3 is 0 Å². The minimum atomic E-state index is 1.01. The Bertz CT molecular complexity index is 568. The first kappa shape index (κ1) is 6.60. The van der Waals surface area contributed by atoms with Crippen molar-refractivity contribution in [2.24, 2.45) is 0 Å². The Labute approximate surface area is 74.4 Å². The molecular weight excluding hydrogens is 162 g/mol. The molecule has 0 aliphatic rings. The lowest BCUT2D eigenvalue weighted by molar-refractivity contribution is 1.12. The maximum atomic E-state index is 4.27. The van der Waals surface area contributed by atoms with E-state index in [4.69, 9.17) is 0 Å². The molecule has 1 aromatic carbocycles. The van der Waals surface area contributed by atoms with Crippen molar-refractivity contribution in [1.82, 2.24) is 15.2 Å². The Morgan fingerprint density at radius 3 is 3.08 bits per heavy atom. The number of pyridine rings is 1. The number of aromatic nitrogens is 3. The summed E-state index contributed by atoms with van der Waals surface area (Å²) < 4.78 is 0. The number of benzene rings is 1. The van der Waals surface area contributed by atoms with Gasteiger partial charge >= 0.3 is 0 Å². The number of rotatable bonds is 0. The molecule has 0 spiro atoms. The van der Waals surface area contributed by atoms with Crippen LogP contribution in [-0.2, 0) is 0 Å². The fourth-order valence-corrected chi connectivity index (χ4v) is 1.58. The van der Waals surface area contributed by atoms with Crippen LogP contribution in [0.25, 0.3) is 21.8 Å². The predicted octanol–water partition coefficient (Wildman–Crippen LogP) is 2.11. The second-order valence-corrected chi connectivity index (χ2v) is 2.97. The predicted molar refractivity (Wildman–Crippen MR) is 51.4 cm³/mol. The Kier molecular flexibility index (Phi) is 1.16. The molecule has 0 unspecified atom stereocenters. The summed E-state index contributed by atoms with van der Waals surface area (Å²) in [4.78, 5) is 4.27. The van der Waals surface area contributed by atoms with Gasteiger partial charge in [-0.15, -0.1) is 0 Å². The maximum Gasteiger partial charge on any atom is 0.0710 e. The lowest BCUT2D eigenvalue weighted by Crippen LogP contribution is -1.77. The van der Waals surface area contributed by atoms with E-state index in [-0.39, 0.29) is 0 Å². The molecule has 3 heteroatoms. The van der Waals surface area contributed by atoms with Gasteiger partial charge in [-0.3, -0.25) is 10.1 Å². The molecule has 3 rings (SSSR count). The molecule has 0 atom stereocenters. The third kappa shape index (κ3) is 0.839. The van der Waals surface area contributed by atoms with Crippen LogP contribution in [0.1, 0.15) is 0 Å². The van der Waals surface area contributed by atoms with Gasteiger partial charge in [0, 0.05) is 17.0 Å². The lowest BCUT2D eigenvalue weighted by atomic mass is 10.1. The first-order valence-electron chi connectivity index (χ1n) is 4.12. The van der Waals surface area contributed by atoms with Crippen molar-refractivity contribution in [2.75, 3.05) is 0 Å². The Morgan fingerprint density at radius 2 is 2.08 bits per heavy atom. The molecule has 0 amide bonds. The normalized spacial score (nSPS) is 11.1. The minimum absolute atomic E-state index is 1.01. The average Bonchev–Trinajstić information content (AvgIpc) is 2.65. The summed E-state index contributed by atoms with van der Waals surface area (Å²) in [5.41, 5.74) is 2.07. The maximum absolute atomic E-state index is 4.27. The van der Waals surface area contributed by atoms with E-state index in [1.165, 1.54) is 0 Å². The van der Waals surface area contributed by atoms with Crippen molar-refractivity contribution in [2.45, 2.75) is 0 Å². The van der Waals surface area contributed by atoms with Gasteiger partial charge in [-0.25, -0.2) is 0 Å². The van der Waals surface area contributed by atoms with Gasteiger partial charge in [0.15, 0.2) is 0 Å². The van der Waals surface area contributed by atoms with Crippen molar-refractivity contribution < 1.29 is 0 Å². The third-order valence-electron chi connectivity index (χ3n) is 2.21. The van der Waals surface area contributed by atoms with Gasteiger partial charge in [-0.2, -0.15) is 5.10 Å².